The van der Waals surface area contributed by atoms with Gasteiger partial charge in [0.05, 0.1) is 11.0 Å². The van der Waals surface area contributed by atoms with Gasteiger partial charge in [0.2, 0.25) is 0 Å². The van der Waals surface area contributed by atoms with Crippen molar-refractivity contribution < 1.29 is 14.6 Å². The fraction of sp³-hybridized carbons (Fsp3) is 0.333. The van der Waals surface area contributed by atoms with E-state index in [0.717, 1.165) is 24.8 Å². The zero-order valence-electron chi connectivity index (χ0n) is 9.56. The molecule has 0 bridgehead atoms. The van der Waals surface area contributed by atoms with Crippen LogP contribution in [0.3, 0.4) is 0 Å². The first-order valence-electron chi connectivity index (χ1n) is 5.58. The Bertz CT molecular complexity index is 534. The Morgan fingerprint density at radius 1 is 1.53 bits per heavy atom. The second kappa shape index (κ2) is 4.86. The molecular weight excluding hydrogens is 220 g/mol. The molecule has 90 valence electrons. The first-order chi connectivity index (χ1) is 8.19. The highest BCUT2D eigenvalue weighted by atomic mass is 16.7. The molecule has 0 spiro atoms. The molecule has 1 heterocycles. The summed E-state index contributed by atoms with van der Waals surface area (Å²) < 4.78 is 4.47. The SMILES string of the molecule is CCCCc1ccc2nc(OC(=O)O)[nH]c2c1. The molecule has 0 unspecified atom stereocenters. The Labute approximate surface area is 98.4 Å². The third kappa shape index (κ3) is 2.75. The average molecular weight is 234 g/mol. The van der Waals surface area contributed by atoms with Gasteiger partial charge in [-0.15, -0.1) is 0 Å². The van der Waals surface area contributed by atoms with Gasteiger partial charge in [0.15, 0.2) is 0 Å². The summed E-state index contributed by atoms with van der Waals surface area (Å²) in [5.41, 5.74) is 2.72. The molecule has 0 aliphatic heterocycles. The molecule has 2 aromatic rings. The van der Waals surface area contributed by atoms with Crippen molar-refractivity contribution in [3.05, 3.63) is 23.8 Å². The van der Waals surface area contributed by atoms with Gasteiger partial charge in [-0.25, -0.2) is 4.79 Å². The molecule has 0 saturated heterocycles. The summed E-state index contributed by atoms with van der Waals surface area (Å²) in [5, 5.41) is 8.48. The summed E-state index contributed by atoms with van der Waals surface area (Å²) >= 11 is 0. The molecule has 0 fully saturated rings. The van der Waals surface area contributed by atoms with Crippen LogP contribution in [0.5, 0.6) is 6.01 Å². The summed E-state index contributed by atoms with van der Waals surface area (Å²) in [5.74, 6) is 0. The molecule has 0 aliphatic carbocycles. The number of benzene rings is 1. The van der Waals surface area contributed by atoms with Gasteiger partial charge in [-0.05, 0) is 30.5 Å². The van der Waals surface area contributed by atoms with Crippen molar-refractivity contribution >= 4 is 17.2 Å². The van der Waals surface area contributed by atoms with Gasteiger partial charge in [-0.3, -0.25) is 0 Å². The molecule has 2 N–H and O–H groups in total. The Morgan fingerprint density at radius 2 is 2.35 bits per heavy atom. The minimum atomic E-state index is -1.37. The maximum absolute atomic E-state index is 10.4. The van der Waals surface area contributed by atoms with Crippen molar-refractivity contribution in [3.8, 4) is 6.01 Å². The predicted octanol–water partition coefficient (Wildman–Crippen LogP) is 2.96. The maximum atomic E-state index is 10.4. The Hall–Kier alpha value is -2.04. The van der Waals surface area contributed by atoms with Gasteiger partial charge in [-0.1, -0.05) is 19.4 Å². The minimum absolute atomic E-state index is 0.0140. The highest BCUT2D eigenvalue weighted by Gasteiger charge is 2.07. The number of carboxylic acid groups (broad SMARTS) is 1. The topological polar surface area (TPSA) is 75.2 Å². The van der Waals surface area contributed by atoms with Crippen molar-refractivity contribution in [2.45, 2.75) is 26.2 Å². The number of hydrogen-bond acceptors (Lipinski definition) is 3. The molecule has 17 heavy (non-hydrogen) atoms. The fourth-order valence-electron chi connectivity index (χ4n) is 1.70. The van der Waals surface area contributed by atoms with Crippen LogP contribution >= 0.6 is 0 Å². The number of carbonyl (C=O) groups is 1. The largest absolute Gasteiger partial charge is 0.513 e. The number of aromatic nitrogens is 2. The molecule has 0 radical (unpaired) electrons. The number of imidazole rings is 1. The molecule has 0 aliphatic rings. The summed E-state index contributed by atoms with van der Waals surface area (Å²) in [6, 6.07) is 5.86. The number of H-pyrrole nitrogens is 1. The van der Waals surface area contributed by atoms with Crippen LogP contribution in [0.25, 0.3) is 11.0 Å². The third-order valence-corrected chi connectivity index (χ3v) is 2.53. The molecule has 5 nitrogen and oxygen atoms in total. The van der Waals surface area contributed by atoms with Crippen LogP contribution in [-0.2, 0) is 6.42 Å². The summed E-state index contributed by atoms with van der Waals surface area (Å²) in [4.78, 5) is 17.2. The zero-order chi connectivity index (χ0) is 12.3. The zero-order valence-corrected chi connectivity index (χ0v) is 9.56. The summed E-state index contributed by atoms with van der Waals surface area (Å²) in [6.45, 7) is 2.15. The molecule has 1 aromatic heterocycles. The number of nitrogens with zero attached hydrogens (tertiary/aromatic N) is 1. The van der Waals surface area contributed by atoms with Crippen molar-refractivity contribution in [2.24, 2.45) is 0 Å². The van der Waals surface area contributed by atoms with Crippen molar-refractivity contribution in [1.82, 2.24) is 9.97 Å². The second-order valence-corrected chi connectivity index (χ2v) is 3.86. The second-order valence-electron chi connectivity index (χ2n) is 3.86. The monoisotopic (exact) mass is 234 g/mol. The predicted molar refractivity (Wildman–Crippen MR) is 63.4 cm³/mol. The van der Waals surface area contributed by atoms with E-state index >= 15 is 0 Å². The lowest BCUT2D eigenvalue weighted by atomic mass is 10.1. The normalized spacial score (nSPS) is 10.6. The molecule has 0 saturated carbocycles. The van der Waals surface area contributed by atoms with E-state index in [2.05, 4.69) is 21.6 Å². The van der Waals surface area contributed by atoms with E-state index in [0.29, 0.717) is 5.52 Å². The number of aromatic amines is 1. The highest BCUT2D eigenvalue weighted by Crippen LogP contribution is 2.18. The first kappa shape index (κ1) is 11.4. The number of fused-ring (bicyclic) bond motifs is 1. The van der Waals surface area contributed by atoms with Crippen molar-refractivity contribution in [2.75, 3.05) is 0 Å². The average Bonchev–Trinajstić information content (AvgIpc) is 2.66. The lowest BCUT2D eigenvalue weighted by Gasteiger charge is -1.98. The Balaban J connectivity index is 2.24. The quantitative estimate of drug-likeness (QED) is 0.797. The van der Waals surface area contributed by atoms with E-state index in [-0.39, 0.29) is 6.01 Å². The number of ether oxygens (including phenoxy) is 1. The Kier molecular flexibility index (Phi) is 3.27. The molecule has 2 rings (SSSR count). The van der Waals surface area contributed by atoms with E-state index in [1.54, 1.807) is 0 Å². The fourth-order valence-corrected chi connectivity index (χ4v) is 1.70. The maximum Gasteiger partial charge on any atom is 0.513 e. The smallest absolute Gasteiger partial charge is 0.449 e. The van der Waals surface area contributed by atoms with E-state index in [9.17, 15) is 4.79 Å². The van der Waals surface area contributed by atoms with Crippen molar-refractivity contribution in [1.29, 1.82) is 0 Å². The van der Waals surface area contributed by atoms with Gasteiger partial charge in [0.25, 0.3) is 0 Å². The van der Waals surface area contributed by atoms with Gasteiger partial charge < -0.3 is 14.8 Å². The number of rotatable bonds is 4. The van der Waals surface area contributed by atoms with E-state index < -0.39 is 6.16 Å². The summed E-state index contributed by atoms with van der Waals surface area (Å²) in [6.07, 6.45) is 1.93. The van der Waals surface area contributed by atoms with Crippen LogP contribution < -0.4 is 4.74 Å². The third-order valence-electron chi connectivity index (χ3n) is 2.53. The van der Waals surface area contributed by atoms with Crippen LogP contribution in [0.4, 0.5) is 4.79 Å². The molecule has 5 heteroatoms. The van der Waals surface area contributed by atoms with Crippen LogP contribution in [0.15, 0.2) is 18.2 Å². The van der Waals surface area contributed by atoms with Gasteiger partial charge in [-0.2, -0.15) is 4.98 Å². The van der Waals surface area contributed by atoms with Gasteiger partial charge in [0, 0.05) is 0 Å². The van der Waals surface area contributed by atoms with Crippen LogP contribution in [0, 0.1) is 0 Å². The number of aryl methyl sites for hydroxylation is 1. The van der Waals surface area contributed by atoms with Crippen molar-refractivity contribution in [3.63, 3.8) is 0 Å². The first-order valence-corrected chi connectivity index (χ1v) is 5.58. The van der Waals surface area contributed by atoms with E-state index in [1.807, 2.05) is 18.2 Å². The number of unbranched alkanes of at least 4 members (excludes halogenated alkanes) is 1. The number of hydrogen-bond donors (Lipinski definition) is 2. The standard InChI is InChI=1S/C12H14N2O3/c1-2-3-4-8-5-6-9-10(7-8)14-11(13-9)17-12(15)16/h5-7H,2-4H2,1H3,(H,13,14)(H,15,16). The minimum Gasteiger partial charge on any atom is -0.449 e. The molecule has 1 aromatic carbocycles. The lowest BCUT2D eigenvalue weighted by Crippen LogP contribution is -2.03. The molecule has 0 amide bonds. The number of nitrogens with one attached hydrogen (secondary N) is 1. The van der Waals surface area contributed by atoms with Crippen LogP contribution in [0.2, 0.25) is 0 Å². The van der Waals surface area contributed by atoms with E-state index in [4.69, 9.17) is 5.11 Å². The highest BCUT2D eigenvalue weighted by molar-refractivity contribution is 5.77. The molecular formula is C12H14N2O3. The van der Waals surface area contributed by atoms with Crippen LogP contribution in [0.1, 0.15) is 25.3 Å². The van der Waals surface area contributed by atoms with E-state index in [1.165, 1.54) is 5.56 Å². The Morgan fingerprint density at radius 3 is 3.06 bits per heavy atom. The summed E-state index contributed by atoms with van der Waals surface area (Å²) in [7, 11) is 0. The molecule has 0 atom stereocenters. The lowest BCUT2D eigenvalue weighted by molar-refractivity contribution is 0.141. The van der Waals surface area contributed by atoms with Gasteiger partial charge in [0.1, 0.15) is 0 Å². The van der Waals surface area contributed by atoms with Gasteiger partial charge >= 0.3 is 12.2 Å². The van der Waals surface area contributed by atoms with Crippen LogP contribution in [-0.4, -0.2) is 21.2 Å².